The Morgan fingerprint density at radius 3 is 2.44 bits per heavy atom. The molecule has 25 heavy (non-hydrogen) atoms. The van der Waals surface area contributed by atoms with Crippen molar-refractivity contribution in [3.8, 4) is 11.5 Å². The zero-order valence-corrected chi connectivity index (χ0v) is 18.4. The summed E-state index contributed by atoms with van der Waals surface area (Å²) in [6.07, 6.45) is 1.72. The van der Waals surface area contributed by atoms with Crippen LogP contribution >= 0.6 is 45.2 Å². The Kier molecular flexibility index (Phi) is 7.48. The van der Waals surface area contributed by atoms with Crippen molar-refractivity contribution in [3.63, 3.8) is 0 Å². The van der Waals surface area contributed by atoms with Gasteiger partial charge < -0.3 is 9.47 Å². The Bertz CT molecular complexity index is 769. The summed E-state index contributed by atoms with van der Waals surface area (Å²) in [4.78, 5) is 12.2. The molecule has 0 bridgehead atoms. The van der Waals surface area contributed by atoms with E-state index in [1.807, 2.05) is 32.0 Å². The molecule has 5 nitrogen and oxygen atoms in total. The Morgan fingerprint density at radius 2 is 1.84 bits per heavy atom. The van der Waals surface area contributed by atoms with Crippen molar-refractivity contribution in [1.82, 2.24) is 5.43 Å². The molecule has 0 spiro atoms. The third-order valence-electron chi connectivity index (χ3n) is 3.11. The predicted octanol–water partition coefficient (Wildman–Crippen LogP) is 4.46. The number of hydrazone groups is 1. The minimum atomic E-state index is -0.321. The largest absolute Gasteiger partial charge is 0.496 e. The van der Waals surface area contributed by atoms with Crippen LogP contribution in [0.5, 0.6) is 11.5 Å². The number of halogens is 2. The first-order valence-corrected chi connectivity index (χ1v) is 9.70. The number of benzene rings is 2. The molecule has 0 fully saturated rings. The van der Waals surface area contributed by atoms with E-state index in [1.165, 1.54) is 7.11 Å². The standard InChI is InChI=1S/C18H18I2N2O3/c1-11(2)25-17-14(19)8-12(9-15(17)20)10-21-22-18(23)13-6-4-5-7-16(13)24-3/h4-11H,1-3H3,(H,22,23)/b21-10-. The number of hydrogen-bond acceptors (Lipinski definition) is 4. The molecule has 0 aliphatic heterocycles. The molecular formula is C18H18I2N2O3. The summed E-state index contributed by atoms with van der Waals surface area (Å²) in [6, 6.07) is 10.9. The smallest absolute Gasteiger partial charge is 0.275 e. The van der Waals surface area contributed by atoms with E-state index in [9.17, 15) is 4.79 Å². The fraction of sp³-hybridized carbons (Fsp3) is 0.222. The van der Waals surface area contributed by atoms with Crippen molar-refractivity contribution in [1.29, 1.82) is 0 Å². The Morgan fingerprint density at radius 1 is 1.20 bits per heavy atom. The van der Waals surface area contributed by atoms with Crippen LogP contribution < -0.4 is 14.9 Å². The SMILES string of the molecule is COc1ccccc1C(=O)N/N=C\c1cc(I)c(OC(C)C)c(I)c1. The quantitative estimate of drug-likeness (QED) is 0.321. The highest BCUT2D eigenvalue weighted by atomic mass is 127. The maximum absolute atomic E-state index is 12.2. The van der Waals surface area contributed by atoms with Gasteiger partial charge in [0.15, 0.2) is 0 Å². The van der Waals surface area contributed by atoms with Crippen molar-refractivity contribution < 1.29 is 14.3 Å². The van der Waals surface area contributed by atoms with E-state index in [4.69, 9.17) is 9.47 Å². The average Bonchev–Trinajstić information content (AvgIpc) is 2.57. The maximum atomic E-state index is 12.2. The predicted molar refractivity (Wildman–Crippen MR) is 116 cm³/mol. The highest BCUT2D eigenvalue weighted by Crippen LogP contribution is 2.29. The van der Waals surface area contributed by atoms with E-state index >= 15 is 0 Å². The van der Waals surface area contributed by atoms with Gasteiger partial charge in [-0.25, -0.2) is 5.43 Å². The first kappa shape index (κ1) is 20.0. The Balaban J connectivity index is 2.11. The van der Waals surface area contributed by atoms with Gasteiger partial charge in [-0.05, 0) is 88.9 Å². The molecule has 2 aromatic rings. The van der Waals surface area contributed by atoms with Crippen molar-refractivity contribution in [3.05, 3.63) is 54.7 Å². The van der Waals surface area contributed by atoms with E-state index in [-0.39, 0.29) is 12.0 Å². The lowest BCUT2D eigenvalue weighted by Gasteiger charge is -2.14. The van der Waals surface area contributed by atoms with E-state index in [0.717, 1.165) is 18.5 Å². The van der Waals surface area contributed by atoms with Crippen LogP contribution in [-0.2, 0) is 0 Å². The normalized spacial score (nSPS) is 11.0. The van der Waals surface area contributed by atoms with Gasteiger partial charge in [0.05, 0.1) is 32.1 Å². The molecule has 132 valence electrons. The van der Waals surface area contributed by atoms with Gasteiger partial charge in [0.1, 0.15) is 11.5 Å². The fourth-order valence-electron chi connectivity index (χ4n) is 2.06. The van der Waals surface area contributed by atoms with Crippen LogP contribution in [0.4, 0.5) is 0 Å². The lowest BCUT2D eigenvalue weighted by molar-refractivity contribution is 0.0952. The first-order valence-electron chi connectivity index (χ1n) is 7.54. The molecule has 0 heterocycles. The van der Waals surface area contributed by atoms with Gasteiger partial charge in [0.2, 0.25) is 0 Å². The van der Waals surface area contributed by atoms with Gasteiger partial charge in [-0.3, -0.25) is 4.79 Å². The second-order valence-electron chi connectivity index (χ2n) is 5.38. The lowest BCUT2D eigenvalue weighted by atomic mass is 10.2. The highest BCUT2D eigenvalue weighted by molar-refractivity contribution is 14.1. The van der Waals surface area contributed by atoms with Crippen molar-refractivity contribution >= 4 is 57.3 Å². The van der Waals surface area contributed by atoms with E-state index in [1.54, 1.807) is 24.4 Å². The van der Waals surface area contributed by atoms with Crippen LogP contribution in [0.15, 0.2) is 41.5 Å². The Hall–Kier alpha value is -1.36. The van der Waals surface area contributed by atoms with E-state index in [2.05, 4.69) is 55.7 Å². The molecule has 0 aliphatic carbocycles. The molecule has 1 N–H and O–H groups in total. The number of nitrogens with one attached hydrogen (secondary N) is 1. The van der Waals surface area contributed by atoms with Crippen LogP contribution in [0.3, 0.4) is 0 Å². The van der Waals surface area contributed by atoms with Crippen LogP contribution in [0.2, 0.25) is 0 Å². The van der Waals surface area contributed by atoms with Crippen LogP contribution in [-0.4, -0.2) is 25.3 Å². The zero-order chi connectivity index (χ0) is 18.4. The summed E-state index contributed by atoms with van der Waals surface area (Å²) in [5, 5.41) is 4.04. The molecular weight excluding hydrogens is 546 g/mol. The molecule has 2 aromatic carbocycles. The lowest BCUT2D eigenvalue weighted by Crippen LogP contribution is -2.18. The molecule has 0 saturated heterocycles. The topological polar surface area (TPSA) is 59.9 Å². The minimum Gasteiger partial charge on any atom is -0.496 e. The molecule has 0 aliphatic rings. The number of nitrogens with zero attached hydrogens (tertiary/aromatic N) is 1. The van der Waals surface area contributed by atoms with E-state index < -0.39 is 0 Å². The number of para-hydroxylation sites is 1. The average molecular weight is 564 g/mol. The second-order valence-corrected chi connectivity index (χ2v) is 7.70. The third-order valence-corrected chi connectivity index (χ3v) is 4.71. The van der Waals surface area contributed by atoms with Gasteiger partial charge in [0, 0.05) is 0 Å². The summed E-state index contributed by atoms with van der Waals surface area (Å²) in [5.74, 6) is 1.05. The van der Waals surface area contributed by atoms with Gasteiger partial charge in [-0.2, -0.15) is 5.10 Å². The van der Waals surface area contributed by atoms with Crippen LogP contribution in [0.1, 0.15) is 29.8 Å². The number of carbonyl (C=O) groups excluding carboxylic acids is 1. The van der Waals surface area contributed by atoms with Crippen LogP contribution in [0, 0.1) is 7.14 Å². The summed E-state index contributed by atoms with van der Waals surface area (Å²) in [6.45, 7) is 3.99. The molecule has 1 amide bonds. The summed E-state index contributed by atoms with van der Waals surface area (Å²) in [7, 11) is 1.53. The number of carbonyl (C=O) groups is 1. The minimum absolute atomic E-state index is 0.113. The van der Waals surface area contributed by atoms with Crippen molar-refractivity contribution in [2.24, 2.45) is 5.10 Å². The number of rotatable bonds is 6. The highest BCUT2D eigenvalue weighted by Gasteiger charge is 2.11. The van der Waals surface area contributed by atoms with Gasteiger partial charge in [-0.15, -0.1) is 0 Å². The van der Waals surface area contributed by atoms with E-state index in [0.29, 0.717) is 11.3 Å². The Labute approximate surface area is 174 Å². The van der Waals surface area contributed by atoms with Crippen LogP contribution in [0.25, 0.3) is 0 Å². The number of methoxy groups -OCH3 is 1. The molecule has 7 heteroatoms. The third kappa shape index (κ3) is 5.56. The van der Waals surface area contributed by atoms with Gasteiger partial charge in [-0.1, -0.05) is 12.1 Å². The van der Waals surface area contributed by atoms with Gasteiger partial charge >= 0.3 is 0 Å². The first-order chi connectivity index (χ1) is 11.9. The fourth-order valence-corrected chi connectivity index (χ4v) is 4.13. The summed E-state index contributed by atoms with van der Waals surface area (Å²) < 4.78 is 13.0. The van der Waals surface area contributed by atoms with Crippen molar-refractivity contribution in [2.45, 2.75) is 20.0 Å². The molecule has 0 unspecified atom stereocenters. The van der Waals surface area contributed by atoms with Crippen molar-refractivity contribution in [2.75, 3.05) is 7.11 Å². The molecule has 0 aromatic heterocycles. The molecule has 0 saturated carbocycles. The summed E-state index contributed by atoms with van der Waals surface area (Å²) >= 11 is 4.47. The zero-order valence-electron chi connectivity index (χ0n) is 14.0. The maximum Gasteiger partial charge on any atom is 0.275 e. The van der Waals surface area contributed by atoms with Gasteiger partial charge in [0.25, 0.3) is 5.91 Å². The summed E-state index contributed by atoms with van der Waals surface area (Å²) in [5.41, 5.74) is 3.84. The second kappa shape index (κ2) is 9.37. The number of hydrogen-bond donors (Lipinski definition) is 1. The molecule has 0 atom stereocenters. The molecule has 0 radical (unpaired) electrons. The molecule has 2 rings (SSSR count). The monoisotopic (exact) mass is 564 g/mol. The number of ether oxygens (including phenoxy) is 2. The number of amides is 1.